The molecular formula is C17H31IN4O2S. The second-order valence-corrected chi connectivity index (χ2v) is 7.34. The van der Waals surface area contributed by atoms with Gasteiger partial charge in [-0.25, -0.2) is 4.98 Å². The Morgan fingerprint density at radius 2 is 2.12 bits per heavy atom. The van der Waals surface area contributed by atoms with Crippen molar-refractivity contribution in [2.24, 2.45) is 10.9 Å². The molecule has 1 aromatic rings. The quantitative estimate of drug-likeness (QED) is 0.245. The number of nitrogens with one attached hydrogen (secondary N) is 2. The van der Waals surface area contributed by atoms with Gasteiger partial charge < -0.3 is 20.1 Å². The van der Waals surface area contributed by atoms with E-state index in [2.05, 4.69) is 27.5 Å². The highest BCUT2D eigenvalue weighted by Crippen LogP contribution is 2.14. The van der Waals surface area contributed by atoms with Gasteiger partial charge in [-0.15, -0.1) is 35.3 Å². The maximum Gasteiger partial charge on any atom is 0.190 e. The van der Waals surface area contributed by atoms with E-state index in [0.717, 1.165) is 76.2 Å². The number of ether oxygens (including phenoxy) is 2. The summed E-state index contributed by atoms with van der Waals surface area (Å²) in [6.07, 6.45) is 6.09. The summed E-state index contributed by atoms with van der Waals surface area (Å²) in [6, 6.07) is 0. The van der Waals surface area contributed by atoms with E-state index in [-0.39, 0.29) is 24.0 Å². The molecule has 2 rings (SSSR count). The molecule has 0 atom stereocenters. The van der Waals surface area contributed by atoms with Crippen LogP contribution in [0.1, 0.15) is 29.1 Å². The smallest absolute Gasteiger partial charge is 0.190 e. The van der Waals surface area contributed by atoms with Crippen LogP contribution in [0.5, 0.6) is 0 Å². The highest BCUT2D eigenvalue weighted by molar-refractivity contribution is 14.0. The van der Waals surface area contributed by atoms with Crippen molar-refractivity contribution in [1.82, 2.24) is 15.6 Å². The van der Waals surface area contributed by atoms with Gasteiger partial charge in [-0.2, -0.15) is 0 Å². The number of nitrogens with zero attached hydrogens (tertiary/aromatic N) is 2. The first-order chi connectivity index (χ1) is 11.8. The molecule has 0 unspecified atom stereocenters. The fraction of sp³-hybridized carbons (Fsp3) is 0.765. The normalized spacial score (nSPS) is 15.7. The van der Waals surface area contributed by atoms with Gasteiger partial charge in [0.05, 0.1) is 5.01 Å². The topological polar surface area (TPSA) is 67.8 Å². The summed E-state index contributed by atoms with van der Waals surface area (Å²) in [6.45, 7) is 7.22. The molecule has 0 spiro atoms. The van der Waals surface area contributed by atoms with Crippen molar-refractivity contribution in [1.29, 1.82) is 0 Å². The summed E-state index contributed by atoms with van der Waals surface area (Å²) in [5.41, 5.74) is 0. The van der Waals surface area contributed by atoms with Crippen molar-refractivity contribution in [3.8, 4) is 0 Å². The Labute approximate surface area is 172 Å². The van der Waals surface area contributed by atoms with Gasteiger partial charge in [-0.1, -0.05) is 0 Å². The van der Waals surface area contributed by atoms with E-state index in [9.17, 15) is 0 Å². The molecule has 0 amide bonds. The fourth-order valence-corrected chi connectivity index (χ4v) is 3.36. The summed E-state index contributed by atoms with van der Waals surface area (Å²) in [7, 11) is 1.80. The number of rotatable bonds is 9. The van der Waals surface area contributed by atoms with Crippen LogP contribution in [0, 0.1) is 12.8 Å². The SMILES string of the molecule is CN=C(NCCCOCC1CCOCC1)NCCc1ncc(C)s1.I. The highest BCUT2D eigenvalue weighted by atomic mass is 127. The molecule has 2 N–H and O–H groups in total. The highest BCUT2D eigenvalue weighted by Gasteiger charge is 2.13. The first-order valence-corrected chi connectivity index (χ1v) is 9.61. The van der Waals surface area contributed by atoms with Gasteiger partial charge in [-0.3, -0.25) is 4.99 Å². The van der Waals surface area contributed by atoms with E-state index in [0.29, 0.717) is 5.92 Å². The number of guanidine groups is 1. The van der Waals surface area contributed by atoms with Crippen LogP contribution in [0.2, 0.25) is 0 Å². The summed E-state index contributed by atoms with van der Waals surface area (Å²) in [5.74, 6) is 1.52. The molecule has 1 saturated heterocycles. The zero-order valence-corrected chi connectivity index (χ0v) is 18.4. The average Bonchev–Trinajstić information content (AvgIpc) is 3.02. The first-order valence-electron chi connectivity index (χ1n) is 8.79. The van der Waals surface area contributed by atoms with E-state index in [1.165, 1.54) is 4.88 Å². The van der Waals surface area contributed by atoms with E-state index < -0.39 is 0 Å². The maximum absolute atomic E-state index is 5.77. The number of hydrogen-bond donors (Lipinski definition) is 2. The van der Waals surface area contributed by atoms with E-state index in [1.807, 2.05) is 6.20 Å². The molecule has 8 heteroatoms. The molecule has 1 aliphatic heterocycles. The van der Waals surface area contributed by atoms with E-state index in [4.69, 9.17) is 9.47 Å². The molecule has 144 valence electrons. The van der Waals surface area contributed by atoms with Crippen molar-refractivity contribution in [3.05, 3.63) is 16.1 Å². The minimum atomic E-state index is 0. The Morgan fingerprint density at radius 1 is 1.36 bits per heavy atom. The van der Waals surface area contributed by atoms with Crippen LogP contribution in [-0.2, 0) is 15.9 Å². The number of thiazole rings is 1. The number of halogens is 1. The van der Waals surface area contributed by atoms with E-state index in [1.54, 1.807) is 18.4 Å². The van der Waals surface area contributed by atoms with Crippen LogP contribution in [0.25, 0.3) is 0 Å². The van der Waals surface area contributed by atoms with Crippen molar-refractivity contribution >= 4 is 41.3 Å². The van der Waals surface area contributed by atoms with Gasteiger partial charge in [0.1, 0.15) is 0 Å². The molecule has 0 radical (unpaired) electrons. The van der Waals surface area contributed by atoms with Crippen molar-refractivity contribution in [2.75, 3.05) is 46.6 Å². The van der Waals surface area contributed by atoms with Gasteiger partial charge in [-0.05, 0) is 32.1 Å². The molecule has 0 bridgehead atoms. The Bertz CT molecular complexity index is 493. The Balaban J connectivity index is 0.00000312. The molecule has 6 nitrogen and oxygen atoms in total. The Kier molecular flexibility index (Phi) is 12.4. The molecule has 1 aliphatic rings. The van der Waals surface area contributed by atoms with Crippen LogP contribution in [0.3, 0.4) is 0 Å². The third-order valence-electron chi connectivity index (χ3n) is 3.98. The number of aryl methyl sites for hydroxylation is 1. The molecule has 25 heavy (non-hydrogen) atoms. The van der Waals surface area contributed by atoms with E-state index >= 15 is 0 Å². The third-order valence-corrected chi connectivity index (χ3v) is 4.95. The molecule has 1 fully saturated rings. The minimum Gasteiger partial charge on any atom is -0.381 e. The lowest BCUT2D eigenvalue weighted by molar-refractivity contribution is 0.0203. The zero-order chi connectivity index (χ0) is 17.0. The van der Waals surface area contributed by atoms with Gasteiger partial charge in [0.25, 0.3) is 0 Å². The monoisotopic (exact) mass is 482 g/mol. The van der Waals surface area contributed by atoms with Crippen molar-refractivity contribution in [2.45, 2.75) is 32.6 Å². The lowest BCUT2D eigenvalue weighted by atomic mass is 10.0. The summed E-state index contributed by atoms with van der Waals surface area (Å²) >= 11 is 1.75. The standard InChI is InChI=1S/C17H30N4O2S.HI/c1-14-12-21-16(24-14)4-8-20-17(18-2)19-7-3-9-23-13-15-5-10-22-11-6-15;/h12,15H,3-11,13H2,1-2H3,(H2,18,19,20);1H. The van der Waals surface area contributed by atoms with Crippen LogP contribution in [0.15, 0.2) is 11.2 Å². The summed E-state index contributed by atoms with van der Waals surface area (Å²) < 4.78 is 11.1. The van der Waals surface area contributed by atoms with Crippen LogP contribution < -0.4 is 10.6 Å². The third kappa shape index (κ3) is 9.72. The zero-order valence-electron chi connectivity index (χ0n) is 15.3. The summed E-state index contributed by atoms with van der Waals surface area (Å²) in [4.78, 5) is 9.86. The van der Waals surface area contributed by atoms with Gasteiger partial charge in [0.2, 0.25) is 0 Å². The van der Waals surface area contributed by atoms with Crippen molar-refractivity contribution < 1.29 is 9.47 Å². The average molecular weight is 482 g/mol. The largest absolute Gasteiger partial charge is 0.381 e. The Hall–Kier alpha value is -0.450. The molecular weight excluding hydrogens is 451 g/mol. The van der Waals surface area contributed by atoms with Gasteiger partial charge in [0, 0.05) is 64.1 Å². The van der Waals surface area contributed by atoms with Crippen molar-refractivity contribution in [3.63, 3.8) is 0 Å². The minimum absolute atomic E-state index is 0. The van der Waals surface area contributed by atoms with Gasteiger partial charge >= 0.3 is 0 Å². The lowest BCUT2D eigenvalue weighted by Gasteiger charge is -2.21. The first kappa shape index (κ1) is 22.6. The molecule has 1 aromatic heterocycles. The maximum atomic E-state index is 5.77. The second-order valence-electron chi connectivity index (χ2n) is 6.02. The fourth-order valence-electron chi connectivity index (χ4n) is 2.57. The van der Waals surface area contributed by atoms with Crippen LogP contribution >= 0.6 is 35.3 Å². The lowest BCUT2D eigenvalue weighted by Crippen LogP contribution is -2.39. The van der Waals surface area contributed by atoms with Crippen LogP contribution in [-0.4, -0.2) is 57.5 Å². The number of aliphatic imine (C=N–C) groups is 1. The molecule has 2 heterocycles. The summed E-state index contributed by atoms with van der Waals surface area (Å²) in [5, 5.41) is 7.81. The van der Waals surface area contributed by atoms with Gasteiger partial charge in [0.15, 0.2) is 5.96 Å². The number of hydrogen-bond acceptors (Lipinski definition) is 5. The number of aromatic nitrogens is 1. The van der Waals surface area contributed by atoms with Crippen LogP contribution in [0.4, 0.5) is 0 Å². The molecule has 0 aromatic carbocycles. The molecule has 0 aliphatic carbocycles. The predicted octanol–water partition coefficient (Wildman–Crippen LogP) is 2.61. The molecule has 0 saturated carbocycles. The predicted molar refractivity (Wildman–Crippen MR) is 114 cm³/mol. The second kappa shape index (κ2) is 13.7. The Morgan fingerprint density at radius 3 is 2.80 bits per heavy atom.